The first kappa shape index (κ1) is 22.5. The molecule has 0 aliphatic carbocycles. The average molecular weight is 474 g/mol. The molecule has 1 atom stereocenters. The van der Waals surface area contributed by atoms with Crippen molar-refractivity contribution in [2.45, 2.75) is 39.2 Å². The molecule has 4 aromatic rings. The molecule has 1 saturated heterocycles. The number of aromatic nitrogens is 2. The maximum Gasteiger partial charge on any atom is 0.227 e. The number of imidazole rings is 1. The van der Waals surface area contributed by atoms with Gasteiger partial charge in [-0.3, -0.25) is 4.79 Å². The van der Waals surface area contributed by atoms with E-state index < -0.39 is 0 Å². The van der Waals surface area contributed by atoms with Crippen molar-refractivity contribution < 1.29 is 9.53 Å². The predicted octanol–water partition coefficient (Wildman–Crippen LogP) is 6.30. The SMILES string of the molecule is Cc1cc(C)cc(OCCCn2c([C@H]3CC(=O)N(c4ccc(Cl)cc4)C3)nc3ccccc32)c1. The molecule has 0 bridgehead atoms. The number of anilines is 1. The Balaban J connectivity index is 1.34. The van der Waals surface area contributed by atoms with Gasteiger partial charge in [0, 0.05) is 36.1 Å². The number of hydrogen-bond acceptors (Lipinski definition) is 3. The van der Waals surface area contributed by atoms with Crippen LogP contribution in [0, 0.1) is 13.8 Å². The molecule has 1 aliphatic heterocycles. The number of benzene rings is 3. The van der Waals surface area contributed by atoms with Crippen molar-refractivity contribution in [2.75, 3.05) is 18.1 Å². The first-order valence-corrected chi connectivity index (χ1v) is 12.1. The van der Waals surface area contributed by atoms with Gasteiger partial charge < -0.3 is 14.2 Å². The van der Waals surface area contributed by atoms with Crippen LogP contribution in [0.25, 0.3) is 11.0 Å². The predicted molar refractivity (Wildman–Crippen MR) is 137 cm³/mol. The van der Waals surface area contributed by atoms with E-state index in [1.54, 1.807) is 0 Å². The van der Waals surface area contributed by atoms with E-state index in [0.29, 0.717) is 24.6 Å². The van der Waals surface area contributed by atoms with Gasteiger partial charge in [-0.05, 0) is 79.9 Å². The molecule has 1 amide bonds. The number of amides is 1. The highest BCUT2D eigenvalue weighted by Crippen LogP contribution is 2.33. The molecular weight excluding hydrogens is 446 g/mol. The van der Waals surface area contributed by atoms with Crippen LogP contribution in [0.1, 0.15) is 35.7 Å². The second kappa shape index (κ2) is 9.51. The minimum absolute atomic E-state index is 0.0379. The zero-order valence-corrected chi connectivity index (χ0v) is 20.3. The fourth-order valence-electron chi connectivity index (χ4n) is 4.82. The summed E-state index contributed by atoms with van der Waals surface area (Å²) in [5.74, 6) is 2.03. The standard InChI is InChI=1S/C28H28ClN3O2/c1-19-14-20(2)16-24(15-19)34-13-5-12-31-26-7-4-3-6-25(26)30-28(31)21-17-27(33)32(18-21)23-10-8-22(29)9-11-23/h3-4,6-11,14-16,21H,5,12-13,17-18H2,1-2H3/t21-/m0/s1. The Labute approximate surface area is 204 Å². The lowest BCUT2D eigenvalue weighted by atomic mass is 10.1. The Morgan fingerprint density at radius 2 is 1.76 bits per heavy atom. The van der Waals surface area contributed by atoms with Crippen LogP contribution in [0.15, 0.2) is 66.7 Å². The molecule has 0 spiro atoms. The van der Waals surface area contributed by atoms with Crippen molar-refractivity contribution in [3.8, 4) is 5.75 Å². The fourth-order valence-corrected chi connectivity index (χ4v) is 4.95. The molecule has 0 unspecified atom stereocenters. The van der Waals surface area contributed by atoms with Crippen LogP contribution in [0.4, 0.5) is 5.69 Å². The van der Waals surface area contributed by atoms with Gasteiger partial charge >= 0.3 is 0 Å². The highest BCUT2D eigenvalue weighted by molar-refractivity contribution is 6.30. The van der Waals surface area contributed by atoms with Crippen LogP contribution in [0.2, 0.25) is 5.02 Å². The van der Waals surface area contributed by atoms with Gasteiger partial charge in [0.25, 0.3) is 0 Å². The van der Waals surface area contributed by atoms with Gasteiger partial charge in [-0.25, -0.2) is 4.98 Å². The summed E-state index contributed by atoms with van der Waals surface area (Å²) in [6.45, 7) is 6.18. The maximum absolute atomic E-state index is 12.9. The Hall–Kier alpha value is -3.31. The van der Waals surface area contributed by atoms with Crippen molar-refractivity contribution >= 4 is 34.2 Å². The third-order valence-corrected chi connectivity index (χ3v) is 6.55. The summed E-state index contributed by atoms with van der Waals surface area (Å²) in [5.41, 5.74) is 5.34. The van der Waals surface area contributed by atoms with Crippen molar-refractivity contribution in [1.29, 1.82) is 0 Å². The number of nitrogens with zero attached hydrogens (tertiary/aromatic N) is 3. The van der Waals surface area contributed by atoms with E-state index in [0.717, 1.165) is 41.3 Å². The number of halogens is 1. The van der Waals surface area contributed by atoms with Crippen molar-refractivity contribution in [1.82, 2.24) is 9.55 Å². The second-order valence-electron chi connectivity index (χ2n) is 9.02. The molecule has 5 rings (SSSR count). The van der Waals surface area contributed by atoms with E-state index in [1.807, 2.05) is 47.4 Å². The van der Waals surface area contributed by atoms with Crippen molar-refractivity contribution in [3.05, 3.63) is 88.7 Å². The molecule has 3 aromatic carbocycles. The van der Waals surface area contributed by atoms with E-state index >= 15 is 0 Å². The van der Waals surface area contributed by atoms with Gasteiger partial charge in [0.2, 0.25) is 5.91 Å². The van der Waals surface area contributed by atoms with Crippen LogP contribution in [0.3, 0.4) is 0 Å². The van der Waals surface area contributed by atoms with E-state index in [9.17, 15) is 4.79 Å². The number of carbonyl (C=O) groups excluding carboxylic acids is 1. The van der Waals surface area contributed by atoms with Gasteiger partial charge in [0.05, 0.1) is 17.6 Å². The summed E-state index contributed by atoms with van der Waals surface area (Å²) in [6, 6.07) is 21.9. The zero-order chi connectivity index (χ0) is 23.7. The summed E-state index contributed by atoms with van der Waals surface area (Å²) < 4.78 is 8.31. The number of aryl methyl sites for hydroxylation is 3. The Bertz CT molecular complexity index is 1310. The Morgan fingerprint density at radius 1 is 1.03 bits per heavy atom. The van der Waals surface area contributed by atoms with Crippen LogP contribution in [-0.2, 0) is 11.3 Å². The minimum atomic E-state index is 0.0379. The van der Waals surface area contributed by atoms with E-state index in [-0.39, 0.29) is 11.8 Å². The number of ether oxygens (including phenoxy) is 1. The van der Waals surface area contributed by atoms with Gasteiger partial charge in [0.15, 0.2) is 0 Å². The summed E-state index contributed by atoms with van der Waals surface area (Å²) in [6.07, 6.45) is 1.30. The highest BCUT2D eigenvalue weighted by atomic mass is 35.5. The quantitative estimate of drug-likeness (QED) is 0.296. The number of rotatable bonds is 7. The third-order valence-electron chi connectivity index (χ3n) is 6.30. The molecule has 174 valence electrons. The van der Waals surface area contributed by atoms with Gasteiger partial charge in [-0.1, -0.05) is 29.8 Å². The van der Waals surface area contributed by atoms with Crippen LogP contribution >= 0.6 is 11.6 Å². The molecule has 1 aromatic heterocycles. The van der Waals surface area contributed by atoms with Crippen LogP contribution in [0.5, 0.6) is 5.75 Å². The Kier molecular flexibility index (Phi) is 6.29. The maximum atomic E-state index is 12.9. The van der Waals surface area contributed by atoms with Crippen LogP contribution in [-0.4, -0.2) is 28.6 Å². The zero-order valence-electron chi connectivity index (χ0n) is 19.5. The number of fused-ring (bicyclic) bond motifs is 1. The van der Waals surface area contributed by atoms with Gasteiger partial charge in [-0.2, -0.15) is 0 Å². The molecule has 0 radical (unpaired) electrons. The summed E-state index contributed by atoms with van der Waals surface area (Å²) in [7, 11) is 0. The van der Waals surface area contributed by atoms with E-state index in [4.69, 9.17) is 21.3 Å². The molecule has 34 heavy (non-hydrogen) atoms. The lowest BCUT2D eigenvalue weighted by Crippen LogP contribution is -2.24. The Morgan fingerprint density at radius 3 is 2.53 bits per heavy atom. The molecule has 1 aliphatic rings. The van der Waals surface area contributed by atoms with Gasteiger partial charge in [-0.15, -0.1) is 0 Å². The van der Waals surface area contributed by atoms with Crippen LogP contribution < -0.4 is 9.64 Å². The smallest absolute Gasteiger partial charge is 0.227 e. The minimum Gasteiger partial charge on any atom is -0.494 e. The third kappa shape index (κ3) is 4.66. The summed E-state index contributed by atoms with van der Waals surface area (Å²) in [4.78, 5) is 19.7. The first-order chi connectivity index (χ1) is 16.5. The second-order valence-corrected chi connectivity index (χ2v) is 9.45. The average Bonchev–Trinajstić information content (AvgIpc) is 3.37. The topological polar surface area (TPSA) is 47.4 Å². The normalized spacial score (nSPS) is 15.9. The molecule has 1 fully saturated rings. The first-order valence-electron chi connectivity index (χ1n) is 11.7. The monoisotopic (exact) mass is 473 g/mol. The molecule has 6 heteroatoms. The molecule has 0 N–H and O–H groups in total. The molecule has 5 nitrogen and oxygen atoms in total. The number of para-hydroxylation sites is 2. The molecule has 2 heterocycles. The highest BCUT2D eigenvalue weighted by Gasteiger charge is 2.34. The van der Waals surface area contributed by atoms with Crippen molar-refractivity contribution in [2.24, 2.45) is 0 Å². The fraction of sp³-hybridized carbons (Fsp3) is 0.286. The van der Waals surface area contributed by atoms with E-state index in [1.165, 1.54) is 11.1 Å². The lowest BCUT2D eigenvalue weighted by Gasteiger charge is -2.17. The van der Waals surface area contributed by atoms with Gasteiger partial charge in [0.1, 0.15) is 11.6 Å². The lowest BCUT2D eigenvalue weighted by molar-refractivity contribution is -0.117. The molecule has 0 saturated carbocycles. The summed E-state index contributed by atoms with van der Waals surface area (Å²) >= 11 is 6.03. The number of carbonyl (C=O) groups is 1. The van der Waals surface area contributed by atoms with E-state index in [2.05, 4.69) is 42.7 Å². The largest absolute Gasteiger partial charge is 0.494 e. The van der Waals surface area contributed by atoms with Crippen molar-refractivity contribution in [3.63, 3.8) is 0 Å². The number of hydrogen-bond donors (Lipinski definition) is 0. The molecular formula is C28H28ClN3O2. The summed E-state index contributed by atoms with van der Waals surface area (Å²) in [5, 5.41) is 0.664.